The molecule has 0 aliphatic heterocycles. The molecule has 0 aliphatic rings. The van der Waals surface area contributed by atoms with Crippen LogP contribution in [0.25, 0.3) is 0 Å². The molecule has 0 saturated carbocycles. The summed E-state index contributed by atoms with van der Waals surface area (Å²) in [6, 6.07) is 11.4. The van der Waals surface area contributed by atoms with Gasteiger partial charge < -0.3 is 15.0 Å². The van der Waals surface area contributed by atoms with Crippen LogP contribution >= 0.6 is 11.6 Å². The molecule has 1 atom stereocenters. The summed E-state index contributed by atoms with van der Waals surface area (Å²) in [6.07, 6.45) is 3.16. The number of methoxy groups -OCH3 is 1. The minimum absolute atomic E-state index is 0.168. The lowest BCUT2D eigenvalue weighted by molar-refractivity contribution is -0.140. The Morgan fingerprint density at radius 3 is 2.42 bits per heavy atom. The summed E-state index contributed by atoms with van der Waals surface area (Å²) in [7, 11) is -2.39. The van der Waals surface area contributed by atoms with E-state index in [0.717, 1.165) is 34.5 Å². The second-order valence-corrected chi connectivity index (χ2v) is 11.0. The van der Waals surface area contributed by atoms with E-state index < -0.39 is 28.5 Å². The largest absolute Gasteiger partial charge is 0.495 e. The highest BCUT2D eigenvalue weighted by Crippen LogP contribution is 2.30. The van der Waals surface area contributed by atoms with Crippen LogP contribution in [0.1, 0.15) is 44.2 Å². The smallest absolute Gasteiger partial charge is 0.244 e. The van der Waals surface area contributed by atoms with E-state index in [4.69, 9.17) is 16.3 Å². The monoisotopic (exact) mass is 537 g/mol. The molecule has 1 N–H and O–H groups in total. The Morgan fingerprint density at radius 1 is 1.14 bits per heavy atom. The molecule has 1 unspecified atom stereocenters. The van der Waals surface area contributed by atoms with Crippen molar-refractivity contribution in [3.63, 3.8) is 0 Å². The number of amides is 2. The van der Waals surface area contributed by atoms with Crippen LogP contribution in [0.4, 0.5) is 5.69 Å². The van der Waals surface area contributed by atoms with Gasteiger partial charge in [0.25, 0.3) is 0 Å². The summed E-state index contributed by atoms with van der Waals surface area (Å²) in [5, 5.41) is 3.12. The fourth-order valence-corrected chi connectivity index (χ4v) is 4.95. The summed E-state index contributed by atoms with van der Waals surface area (Å²) >= 11 is 6.23. The second-order valence-electron chi connectivity index (χ2n) is 8.67. The maximum Gasteiger partial charge on any atom is 0.244 e. The molecular weight excluding hydrogens is 502 g/mol. The maximum absolute atomic E-state index is 13.7. The highest BCUT2D eigenvalue weighted by atomic mass is 35.5. The summed E-state index contributed by atoms with van der Waals surface area (Å²) in [5.74, 6) is -0.368. The number of anilines is 1. The molecule has 0 saturated heterocycles. The van der Waals surface area contributed by atoms with Gasteiger partial charge in [-0.1, -0.05) is 61.7 Å². The molecule has 2 aromatic carbocycles. The Morgan fingerprint density at radius 2 is 1.86 bits per heavy atom. The zero-order valence-corrected chi connectivity index (χ0v) is 23.2. The molecule has 0 fully saturated rings. The predicted molar refractivity (Wildman–Crippen MR) is 144 cm³/mol. The molecule has 8 nitrogen and oxygen atoms in total. The molecule has 0 bridgehead atoms. The van der Waals surface area contributed by atoms with Crippen molar-refractivity contribution in [3.8, 4) is 5.75 Å². The number of carbonyl (C=O) groups excluding carboxylic acids is 2. The molecule has 2 amide bonds. The van der Waals surface area contributed by atoms with Crippen LogP contribution in [0, 0.1) is 6.92 Å². The van der Waals surface area contributed by atoms with Gasteiger partial charge in [0, 0.05) is 13.1 Å². The van der Waals surface area contributed by atoms with Crippen LogP contribution in [0.5, 0.6) is 5.75 Å². The molecule has 0 spiro atoms. The summed E-state index contributed by atoms with van der Waals surface area (Å²) in [6.45, 7) is 6.01. The van der Waals surface area contributed by atoms with Gasteiger partial charge in [0.15, 0.2) is 0 Å². The predicted octanol–water partition coefficient (Wildman–Crippen LogP) is 4.15. The summed E-state index contributed by atoms with van der Waals surface area (Å²) < 4.78 is 31.6. The molecule has 0 aromatic heterocycles. The number of unbranched alkanes of at least 4 members (excludes halogenated alkanes) is 1. The number of nitrogens with zero attached hydrogens (tertiary/aromatic N) is 2. The van der Waals surface area contributed by atoms with Gasteiger partial charge in [-0.3, -0.25) is 13.9 Å². The number of halogens is 1. The van der Waals surface area contributed by atoms with Gasteiger partial charge in [0.1, 0.15) is 18.3 Å². The Labute approximate surface area is 219 Å². The number of sulfonamides is 1. The first-order valence-electron chi connectivity index (χ1n) is 12.0. The number of benzene rings is 2. The summed E-state index contributed by atoms with van der Waals surface area (Å²) in [5.41, 5.74) is 2.10. The number of nitrogens with one attached hydrogen (secondary N) is 1. The lowest BCUT2D eigenvalue weighted by atomic mass is 10.1. The Kier molecular flexibility index (Phi) is 11.0. The maximum atomic E-state index is 13.7. The third kappa shape index (κ3) is 8.13. The third-order valence-electron chi connectivity index (χ3n) is 5.75. The van der Waals surface area contributed by atoms with E-state index in [2.05, 4.69) is 5.32 Å². The van der Waals surface area contributed by atoms with Gasteiger partial charge in [-0.15, -0.1) is 0 Å². The second kappa shape index (κ2) is 13.5. The minimum Gasteiger partial charge on any atom is -0.495 e. The van der Waals surface area contributed by atoms with Crippen LogP contribution in [-0.4, -0.2) is 57.6 Å². The van der Waals surface area contributed by atoms with Crippen LogP contribution < -0.4 is 14.4 Å². The van der Waals surface area contributed by atoms with Crippen LogP contribution in [-0.2, 0) is 26.2 Å². The van der Waals surface area contributed by atoms with Gasteiger partial charge >= 0.3 is 0 Å². The number of hydrogen-bond acceptors (Lipinski definition) is 5. The van der Waals surface area contributed by atoms with Crippen molar-refractivity contribution in [2.24, 2.45) is 0 Å². The molecule has 2 aromatic rings. The standard InChI is InChI=1S/C26H36ClN3O5S/c1-6-8-14-28-26(32)23(7-2)29(17-20-11-9-10-19(3)15-20)25(31)18-30(36(5,33)34)21-12-13-24(35-4)22(27)16-21/h9-13,15-16,23H,6-8,14,17-18H2,1-5H3,(H,28,32). The number of ether oxygens (including phenoxy) is 1. The first-order chi connectivity index (χ1) is 17.0. The first-order valence-corrected chi connectivity index (χ1v) is 14.2. The van der Waals surface area contributed by atoms with E-state index in [1.807, 2.05) is 45.0 Å². The van der Waals surface area contributed by atoms with Crippen molar-refractivity contribution >= 4 is 39.1 Å². The molecule has 0 heterocycles. The normalized spacial score (nSPS) is 12.1. The van der Waals surface area contributed by atoms with E-state index >= 15 is 0 Å². The quantitative estimate of drug-likeness (QED) is 0.387. The van der Waals surface area contributed by atoms with E-state index in [0.29, 0.717) is 18.7 Å². The topological polar surface area (TPSA) is 96.0 Å². The Balaban J connectivity index is 2.43. The average Bonchev–Trinajstić information content (AvgIpc) is 2.81. The van der Waals surface area contributed by atoms with Gasteiger partial charge in [-0.05, 0) is 43.5 Å². The fraction of sp³-hybridized carbons (Fsp3) is 0.462. The molecule has 36 heavy (non-hydrogen) atoms. The van der Waals surface area contributed by atoms with E-state index in [1.54, 1.807) is 6.07 Å². The number of rotatable bonds is 13. The highest BCUT2D eigenvalue weighted by Gasteiger charge is 2.31. The van der Waals surface area contributed by atoms with Crippen molar-refractivity contribution in [2.75, 3.05) is 30.8 Å². The van der Waals surface area contributed by atoms with Crippen molar-refractivity contribution in [1.29, 1.82) is 0 Å². The van der Waals surface area contributed by atoms with E-state index in [9.17, 15) is 18.0 Å². The minimum atomic E-state index is -3.85. The van der Waals surface area contributed by atoms with E-state index in [-0.39, 0.29) is 23.2 Å². The number of carbonyl (C=O) groups is 2. The lowest BCUT2D eigenvalue weighted by Crippen LogP contribution is -2.52. The first kappa shape index (κ1) is 29.5. The summed E-state index contributed by atoms with van der Waals surface area (Å²) in [4.78, 5) is 28.2. The van der Waals surface area contributed by atoms with Gasteiger partial charge in [0.05, 0.1) is 24.1 Å². The van der Waals surface area contributed by atoms with Crippen molar-refractivity contribution in [1.82, 2.24) is 10.2 Å². The van der Waals surface area contributed by atoms with E-state index in [1.165, 1.54) is 24.1 Å². The zero-order valence-electron chi connectivity index (χ0n) is 21.6. The average molecular weight is 538 g/mol. The highest BCUT2D eigenvalue weighted by molar-refractivity contribution is 7.92. The lowest BCUT2D eigenvalue weighted by Gasteiger charge is -2.33. The third-order valence-corrected chi connectivity index (χ3v) is 7.19. The SMILES string of the molecule is CCCCNC(=O)C(CC)N(Cc1cccc(C)c1)C(=O)CN(c1ccc(OC)c(Cl)c1)S(C)(=O)=O. The Hall–Kier alpha value is -2.78. The Bertz CT molecular complexity index is 1160. The molecule has 198 valence electrons. The van der Waals surface area contributed by atoms with Crippen molar-refractivity contribution in [2.45, 2.75) is 52.6 Å². The molecule has 0 radical (unpaired) electrons. The molecule has 0 aliphatic carbocycles. The number of hydrogen-bond donors (Lipinski definition) is 1. The number of aryl methyl sites for hydroxylation is 1. The van der Waals surface area contributed by atoms with Crippen LogP contribution in [0.2, 0.25) is 5.02 Å². The molecule has 10 heteroatoms. The fourth-order valence-electron chi connectivity index (χ4n) is 3.86. The molecular formula is C26H36ClN3O5S. The zero-order chi connectivity index (χ0) is 26.9. The van der Waals surface area contributed by atoms with Gasteiger partial charge in [-0.25, -0.2) is 8.42 Å². The van der Waals surface area contributed by atoms with Crippen molar-refractivity contribution in [3.05, 3.63) is 58.6 Å². The van der Waals surface area contributed by atoms with Crippen molar-refractivity contribution < 1.29 is 22.7 Å². The van der Waals surface area contributed by atoms with Gasteiger partial charge in [0.2, 0.25) is 21.8 Å². The van der Waals surface area contributed by atoms with Crippen LogP contribution in [0.15, 0.2) is 42.5 Å². The van der Waals surface area contributed by atoms with Crippen LogP contribution in [0.3, 0.4) is 0 Å². The molecule has 2 rings (SSSR count). The van der Waals surface area contributed by atoms with Gasteiger partial charge in [-0.2, -0.15) is 0 Å².